The van der Waals surface area contributed by atoms with E-state index in [0.717, 1.165) is 12.2 Å². The molecule has 1 heterocycles. The molecule has 1 N–H and O–H groups in total. The fourth-order valence-electron chi connectivity index (χ4n) is 1.06. The fourth-order valence-corrected chi connectivity index (χ4v) is 1.99. The van der Waals surface area contributed by atoms with Crippen molar-refractivity contribution in [1.29, 1.82) is 0 Å². The number of nitrogens with one attached hydrogen (secondary N) is 1. The predicted molar refractivity (Wildman–Crippen MR) is 50.5 cm³/mol. The summed E-state index contributed by atoms with van der Waals surface area (Å²) in [6.07, 6.45) is 0.737. The highest BCUT2D eigenvalue weighted by molar-refractivity contribution is 8.14. The van der Waals surface area contributed by atoms with Crippen LogP contribution in [0, 0.1) is 0 Å². The first kappa shape index (κ1) is 10.5. The molecule has 5 heteroatoms. The summed E-state index contributed by atoms with van der Waals surface area (Å²) in [5, 5.41) is 2.69. The predicted octanol–water partition coefficient (Wildman–Crippen LogP) is 0.171. The minimum Gasteiger partial charge on any atom is -0.372 e. The summed E-state index contributed by atoms with van der Waals surface area (Å²) >= 11 is 1.28. The second-order valence-corrected chi connectivity index (χ2v) is 3.81. The van der Waals surface area contributed by atoms with Crippen molar-refractivity contribution in [2.24, 2.45) is 0 Å². The Morgan fingerprint density at radius 3 is 3.08 bits per heavy atom. The van der Waals surface area contributed by atoms with Gasteiger partial charge in [0.05, 0.1) is 6.04 Å². The van der Waals surface area contributed by atoms with E-state index in [1.54, 1.807) is 0 Å². The number of carbonyl (C=O) groups excluding carboxylic acids is 2. The molecule has 0 bridgehead atoms. The van der Waals surface area contributed by atoms with E-state index in [1.165, 1.54) is 11.8 Å². The van der Waals surface area contributed by atoms with Gasteiger partial charge in [-0.15, -0.1) is 0 Å². The Hall–Kier alpha value is -0.550. The molecule has 1 aliphatic rings. The van der Waals surface area contributed by atoms with Gasteiger partial charge in [-0.1, -0.05) is 11.8 Å². The summed E-state index contributed by atoms with van der Waals surface area (Å²) in [5.74, 6) is 0.598. The maximum Gasteiger partial charge on any atom is 0.246 e. The molecule has 0 aromatic heterocycles. The van der Waals surface area contributed by atoms with Gasteiger partial charge in [0.15, 0.2) is 0 Å². The Balaban J connectivity index is 2.23. The Kier molecular flexibility index (Phi) is 4.24. The Morgan fingerprint density at radius 2 is 2.54 bits per heavy atom. The van der Waals surface area contributed by atoms with Crippen LogP contribution in [0.4, 0.5) is 0 Å². The van der Waals surface area contributed by atoms with Crippen molar-refractivity contribution in [2.75, 3.05) is 19.0 Å². The monoisotopic (exact) mass is 203 g/mol. The molecule has 74 valence electrons. The van der Waals surface area contributed by atoms with Gasteiger partial charge in [0.1, 0.15) is 6.61 Å². The summed E-state index contributed by atoms with van der Waals surface area (Å²) in [6.45, 7) is 2.38. The van der Waals surface area contributed by atoms with Crippen LogP contribution in [0.5, 0.6) is 0 Å². The van der Waals surface area contributed by atoms with Crippen molar-refractivity contribution in [3.05, 3.63) is 0 Å². The molecule has 1 fully saturated rings. The molecule has 0 aromatic rings. The molecule has 0 spiro atoms. The SMILES string of the molecule is CCOCC(=O)N[C@@H]1CCSC1=O. The highest BCUT2D eigenvalue weighted by atomic mass is 32.2. The van der Waals surface area contributed by atoms with E-state index in [9.17, 15) is 9.59 Å². The minimum absolute atomic E-state index is 0.0466. The molecule has 1 saturated heterocycles. The van der Waals surface area contributed by atoms with Gasteiger partial charge in [-0.05, 0) is 13.3 Å². The molecule has 1 rings (SSSR count). The number of ether oxygens (including phenoxy) is 1. The van der Waals surface area contributed by atoms with Crippen LogP contribution in [0.2, 0.25) is 0 Å². The van der Waals surface area contributed by atoms with E-state index in [1.807, 2.05) is 6.92 Å². The lowest BCUT2D eigenvalue weighted by molar-refractivity contribution is -0.128. The lowest BCUT2D eigenvalue weighted by Gasteiger charge is -2.09. The van der Waals surface area contributed by atoms with Gasteiger partial charge in [-0.25, -0.2) is 0 Å². The maximum absolute atomic E-state index is 11.1. The van der Waals surface area contributed by atoms with E-state index in [2.05, 4.69) is 5.32 Å². The van der Waals surface area contributed by atoms with E-state index < -0.39 is 0 Å². The summed E-state index contributed by atoms with van der Waals surface area (Å²) < 4.78 is 4.91. The average molecular weight is 203 g/mol. The van der Waals surface area contributed by atoms with E-state index in [-0.39, 0.29) is 23.7 Å². The number of hydrogen-bond donors (Lipinski definition) is 1. The second-order valence-electron chi connectivity index (χ2n) is 2.71. The number of carbonyl (C=O) groups is 2. The van der Waals surface area contributed by atoms with Crippen LogP contribution in [-0.2, 0) is 14.3 Å². The van der Waals surface area contributed by atoms with E-state index in [4.69, 9.17) is 4.74 Å². The van der Waals surface area contributed by atoms with Crippen molar-refractivity contribution in [2.45, 2.75) is 19.4 Å². The molecule has 1 atom stereocenters. The van der Waals surface area contributed by atoms with Crippen molar-refractivity contribution in [3.63, 3.8) is 0 Å². The molecular formula is C8H13NO3S. The topological polar surface area (TPSA) is 55.4 Å². The third-order valence-electron chi connectivity index (χ3n) is 1.71. The van der Waals surface area contributed by atoms with Crippen LogP contribution in [-0.4, -0.2) is 36.0 Å². The smallest absolute Gasteiger partial charge is 0.246 e. The zero-order valence-electron chi connectivity index (χ0n) is 7.54. The molecule has 0 saturated carbocycles. The van der Waals surface area contributed by atoms with Gasteiger partial charge in [-0.3, -0.25) is 9.59 Å². The maximum atomic E-state index is 11.1. The lowest BCUT2D eigenvalue weighted by Crippen LogP contribution is -2.39. The molecule has 0 aliphatic carbocycles. The van der Waals surface area contributed by atoms with Gasteiger partial charge < -0.3 is 10.1 Å². The first-order valence-electron chi connectivity index (χ1n) is 4.27. The van der Waals surface area contributed by atoms with Gasteiger partial charge in [0.2, 0.25) is 11.0 Å². The second kappa shape index (κ2) is 5.24. The summed E-state index contributed by atoms with van der Waals surface area (Å²) in [5.41, 5.74) is 0. The quantitative estimate of drug-likeness (QED) is 0.707. The first-order valence-corrected chi connectivity index (χ1v) is 5.26. The van der Waals surface area contributed by atoms with Crippen LogP contribution >= 0.6 is 11.8 Å². The van der Waals surface area contributed by atoms with Gasteiger partial charge in [0.25, 0.3) is 0 Å². The average Bonchev–Trinajstić information content (AvgIpc) is 2.48. The normalized spacial score (nSPS) is 21.9. The molecule has 1 amide bonds. The fraction of sp³-hybridized carbons (Fsp3) is 0.750. The summed E-state index contributed by atoms with van der Waals surface area (Å²) in [6, 6.07) is -0.294. The van der Waals surface area contributed by atoms with Crippen LogP contribution in [0.25, 0.3) is 0 Å². The van der Waals surface area contributed by atoms with Crippen LogP contribution in [0.3, 0.4) is 0 Å². The van der Waals surface area contributed by atoms with Crippen molar-refractivity contribution < 1.29 is 14.3 Å². The molecular weight excluding hydrogens is 190 g/mol. The summed E-state index contributed by atoms with van der Waals surface area (Å²) in [7, 11) is 0. The van der Waals surface area contributed by atoms with Gasteiger partial charge in [-0.2, -0.15) is 0 Å². The molecule has 0 radical (unpaired) electrons. The van der Waals surface area contributed by atoms with Crippen molar-refractivity contribution in [1.82, 2.24) is 5.32 Å². The largest absolute Gasteiger partial charge is 0.372 e. The lowest BCUT2D eigenvalue weighted by atomic mass is 10.2. The third-order valence-corrected chi connectivity index (χ3v) is 2.72. The molecule has 13 heavy (non-hydrogen) atoms. The van der Waals surface area contributed by atoms with Crippen molar-refractivity contribution in [3.8, 4) is 0 Å². The number of thioether (sulfide) groups is 1. The molecule has 0 aromatic carbocycles. The van der Waals surface area contributed by atoms with E-state index in [0.29, 0.717) is 6.61 Å². The van der Waals surface area contributed by atoms with Crippen LogP contribution in [0.15, 0.2) is 0 Å². The zero-order valence-corrected chi connectivity index (χ0v) is 8.36. The van der Waals surface area contributed by atoms with Gasteiger partial charge in [0, 0.05) is 12.4 Å². The Labute approximate surface area is 81.4 Å². The van der Waals surface area contributed by atoms with Crippen LogP contribution < -0.4 is 5.32 Å². The molecule has 1 aliphatic heterocycles. The first-order chi connectivity index (χ1) is 6.24. The number of hydrogen-bond acceptors (Lipinski definition) is 4. The minimum atomic E-state index is -0.294. The highest BCUT2D eigenvalue weighted by Gasteiger charge is 2.26. The highest BCUT2D eigenvalue weighted by Crippen LogP contribution is 2.19. The molecule has 4 nitrogen and oxygen atoms in total. The Bertz CT molecular complexity index is 208. The molecule has 0 unspecified atom stereocenters. The van der Waals surface area contributed by atoms with Crippen LogP contribution in [0.1, 0.15) is 13.3 Å². The van der Waals surface area contributed by atoms with Crippen molar-refractivity contribution >= 4 is 22.8 Å². The van der Waals surface area contributed by atoms with E-state index >= 15 is 0 Å². The van der Waals surface area contributed by atoms with Gasteiger partial charge >= 0.3 is 0 Å². The standard InChI is InChI=1S/C8H13NO3S/c1-2-12-5-7(10)9-6-3-4-13-8(6)11/h6H,2-5H2,1H3,(H,9,10)/t6-/m1/s1. The Morgan fingerprint density at radius 1 is 1.77 bits per heavy atom. The number of amides is 1. The third kappa shape index (κ3) is 3.36. The summed E-state index contributed by atoms with van der Waals surface area (Å²) in [4.78, 5) is 22.2. The zero-order chi connectivity index (χ0) is 9.68. The number of rotatable bonds is 4.